The fourth-order valence-electron chi connectivity index (χ4n) is 4.86. The molecule has 0 spiro atoms. The quantitative estimate of drug-likeness (QED) is 0.676. The lowest BCUT2D eigenvalue weighted by atomic mass is 9.83. The summed E-state index contributed by atoms with van der Waals surface area (Å²) in [6.07, 6.45) is 4.87. The second kappa shape index (κ2) is 8.79. The first-order valence-electron chi connectivity index (χ1n) is 11.7. The van der Waals surface area contributed by atoms with E-state index in [-0.39, 0.29) is 10.8 Å². The molecule has 29 heavy (non-hydrogen) atoms. The number of hydrogen-bond acceptors (Lipinski definition) is 2. The Labute approximate surface area is 178 Å². The summed E-state index contributed by atoms with van der Waals surface area (Å²) in [5, 5.41) is 0. The molecule has 2 fully saturated rings. The highest BCUT2D eigenvalue weighted by molar-refractivity contribution is 5.81. The number of benzene rings is 1. The molecular weight excluding hydrogens is 356 g/mol. The van der Waals surface area contributed by atoms with E-state index in [2.05, 4.69) is 54.8 Å². The van der Waals surface area contributed by atoms with Crippen LogP contribution in [-0.2, 0) is 10.2 Å². The van der Waals surface area contributed by atoms with Crippen LogP contribution in [0, 0.1) is 11.3 Å². The fraction of sp³-hybridized carbons (Fsp3) is 0.731. The summed E-state index contributed by atoms with van der Waals surface area (Å²) in [7, 11) is 0. The molecule has 2 heterocycles. The van der Waals surface area contributed by atoms with Crippen molar-refractivity contribution in [2.24, 2.45) is 11.3 Å². The molecule has 3 heteroatoms. The van der Waals surface area contributed by atoms with Crippen LogP contribution in [0.1, 0.15) is 84.3 Å². The Morgan fingerprint density at radius 1 is 0.862 bits per heavy atom. The minimum absolute atomic E-state index is 0.231. The first kappa shape index (κ1) is 22.3. The molecule has 0 atom stereocenters. The number of likely N-dealkylation sites (tertiary alicyclic amines) is 2. The van der Waals surface area contributed by atoms with Crippen molar-refractivity contribution in [3.05, 3.63) is 35.4 Å². The highest BCUT2D eigenvalue weighted by atomic mass is 16.2. The highest BCUT2D eigenvalue weighted by Gasteiger charge is 2.31. The molecule has 162 valence electrons. The highest BCUT2D eigenvalue weighted by Crippen LogP contribution is 2.31. The number of carbonyl (C=O) groups is 1. The van der Waals surface area contributed by atoms with Crippen molar-refractivity contribution >= 4 is 5.91 Å². The summed E-state index contributed by atoms with van der Waals surface area (Å²) in [5.74, 6) is 1.78. The maximum atomic E-state index is 12.5. The number of nitrogens with zero attached hydrogens (tertiary/aromatic N) is 2. The van der Waals surface area contributed by atoms with Crippen LogP contribution in [0.2, 0.25) is 0 Å². The van der Waals surface area contributed by atoms with Gasteiger partial charge in [0.25, 0.3) is 0 Å². The SMILES string of the molecule is CC(C)(C)C(=O)N1CCC(CN2CCC(c3ccc(C(C)(C)C)cc3)CC2)CC1. The zero-order chi connectivity index (χ0) is 21.2. The molecule has 0 saturated carbocycles. The number of rotatable bonds is 3. The van der Waals surface area contributed by atoms with Crippen molar-refractivity contribution in [2.75, 3.05) is 32.7 Å². The number of carbonyl (C=O) groups excluding carboxylic acids is 1. The predicted octanol–water partition coefficient (Wildman–Crippen LogP) is 5.45. The van der Waals surface area contributed by atoms with Crippen LogP contribution in [0.3, 0.4) is 0 Å². The molecule has 2 aliphatic heterocycles. The Kier molecular flexibility index (Phi) is 6.77. The van der Waals surface area contributed by atoms with E-state index in [1.54, 1.807) is 0 Å². The molecule has 1 amide bonds. The van der Waals surface area contributed by atoms with Gasteiger partial charge in [-0.2, -0.15) is 0 Å². The topological polar surface area (TPSA) is 23.6 Å². The number of amides is 1. The summed E-state index contributed by atoms with van der Waals surface area (Å²) >= 11 is 0. The molecule has 0 radical (unpaired) electrons. The van der Waals surface area contributed by atoms with Gasteiger partial charge in [0.1, 0.15) is 0 Å². The number of piperidine rings is 2. The van der Waals surface area contributed by atoms with Gasteiger partial charge in [-0.05, 0) is 67.2 Å². The molecule has 0 N–H and O–H groups in total. The molecule has 0 aliphatic carbocycles. The van der Waals surface area contributed by atoms with Gasteiger partial charge in [0, 0.05) is 25.0 Å². The van der Waals surface area contributed by atoms with Gasteiger partial charge in [0.2, 0.25) is 5.91 Å². The van der Waals surface area contributed by atoms with E-state index >= 15 is 0 Å². The maximum absolute atomic E-state index is 12.5. The van der Waals surface area contributed by atoms with E-state index in [9.17, 15) is 4.79 Å². The van der Waals surface area contributed by atoms with Crippen molar-refractivity contribution in [1.29, 1.82) is 0 Å². The van der Waals surface area contributed by atoms with E-state index in [0.29, 0.717) is 11.8 Å². The summed E-state index contributed by atoms with van der Waals surface area (Å²) in [4.78, 5) is 17.2. The van der Waals surface area contributed by atoms with Crippen LogP contribution in [-0.4, -0.2) is 48.4 Å². The van der Waals surface area contributed by atoms with Crippen molar-refractivity contribution < 1.29 is 4.79 Å². The third-order valence-electron chi connectivity index (χ3n) is 6.90. The molecule has 1 aromatic rings. The monoisotopic (exact) mass is 398 g/mol. The van der Waals surface area contributed by atoms with Gasteiger partial charge in [-0.3, -0.25) is 4.79 Å². The van der Waals surface area contributed by atoms with Gasteiger partial charge in [0.05, 0.1) is 0 Å². The lowest BCUT2D eigenvalue weighted by molar-refractivity contribution is -0.141. The average Bonchev–Trinajstić information content (AvgIpc) is 2.67. The Morgan fingerprint density at radius 3 is 1.90 bits per heavy atom. The Bertz CT molecular complexity index is 664. The first-order chi connectivity index (χ1) is 13.5. The van der Waals surface area contributed by atoms with Crippen LogP contribution in [0.4, 0.5) is 0 Å². The van der Waals surface area contributed by atoms with Crippen LogP contribution in [0.15, 0.2) is 24.3 Å². The van der Waals surface area contributed by atoms with Crippen LogP contribution in [0.5, 0.6) is 0 Å². The van der Waals surface area contributed by atoms with Crippen molar-refractivity contribution in [2.45, 2.75) is 78.6 Å². The third-order valence-corrected chi connectivity index (χ3v) is 6.90. The standard InChI is InChI=1S/C26H42N2O/c1-25(2,3)23-9-7-21(8-10-23)22-13-15-27(16-14-22)19-20-11-17-28(18-12-20)24(29)26(4,5)6/h7-10,20,22H,11-19H2,1-6H3. The summed E-state index contributed by atoms with van der Waals surface area (Å²) in [6, 6.07) is 9.38. The van der Waals surface area contributed by atoms with Crippen molar-refractivity contribution in [3.63, 3.8) is 0 Å². The Morgan fingerprint density at radius 2 is 1.41 bits per heavy atom. The van der Waals surface area contributed by atoms with Gasteiger partial charge in [0.15, 0.2) is 0 Å². The Hall–Kier alpha value is -1.35. The molecule has 2 saturated heterocycles. The van der Waals surface area contributed by atoms with Crippen LogP contribution >= 0.6 is 0 Å². The summed E-state index contributed by atoms with van der Waals surface area (Å²) in [6.45, 7) is 18.5. The van der Waals surface area contributed by atoms with E-state index in [0.717, 1.165) is 31.8 Å². The molecule has 0 bridgehead atoms. The first-order valence-corrected chi connectivity index (χ1v) is 11.7. The Balaban J connectivity index is 1.43. The smallest absolute Gasteiger partial charge is 0.227 e. The minimum Gasteiger partial charge on any atom is -0.342 e. The van der Waals surface area contributed by atoms with Gasteiger partial charge < -0.3 is 9.80 Å². The summed E-state index contributed by atoms with van der Waals surface area (Å²) < 4.78 is 0. The van der Waals surface area contributed by atoms with E-state index < -0.39 is 0 Å². The minimum atomic E-state index is -0.250. The maximum Gasteiger partial charge on any atom is 0.227 e. The molecule has 1 aromatic carbocycles. The fourth-order valence-corrected chi connectivity index (χ4v) is 4.86. The van der Waals surface area contributed by atoms with E-state index in [4.69, 9.17) is 0 Å². The predicted molar refractivity (Wildman–Crippen MR) is 122 cm³/mol. The van der Waals surface area contributed by atoms with E-state index in [1.807, 2.05) is 20.8 Å². The van der Waals surface area contributed by atoms with Crippen LogP contribution < -0.4 is 0 Å². The molecule has 0 unspecified atom stereocenters. The summed E-state index contributed by atoms with van der Waals surface area (Å²) in [5.41, 5.74) is 2.93. The zero-order valence-electron chi connectivity index (χ0n) is 19.6. The largest absolute Gasteiger partial charge is 0.342 e. The van der Waals surface area contributed by atoms with Crippen molar-refractivity contribution in [3.8, 4) is 0 Å². The lowest BCUT2D eigenvalue weighted by Gasteiger charge is -2.39. The van der Waals surface area contributed by atoms with Gasteiger partial charge in [-0.25, -0.2) is 0 Å². The zero-order valence-corrected chi connectivity index (χ0v) is 19.6. The normalized spacial score (nSPS) is 20.8. The van der Waals surface area contributed by atoms with Crippen molar-refractivity contribution in [1.82, 2.24) is 9.80 Å². The van der Waals surface area contributed by atoms with Gasteiger partial charge >= 0.3 is 0 Å². The molecule has 0 aromatic heterocycles. The number of hydrogen-bond donors (Lipinski definition) is 0. The molecular formula is C26H42N2O. The van der Waals surface area contributed by atoms with Gasteiger partial charge in [-0.15, -0.1) is 0 Å². The van der Waals surface area contributed by atoms with Gasteiger partial charge in [-0.1, -0.05) is 65.8 Å². The third kappa shape index (κ3) is 5.84. The second-order valence-electron chi connectivity index (χ2n) is 11.4. The average molecular weight is 399 g/mol. The molecule has 3 rings (SSSR count). The van der Waals surface area contributed by atoms with Crippen LogP contribution in [0.25, 0.3) is 0 Å². The van der Waals surface area contributed by atoms with E-state index in [1.165, 1.54) is 43.6 Å². The molecule has 3 nitrogen and oxygen atoms in total. The lowest BCUT2D eigenvalue weighted by Crippen LogP contribution is -2.46. The second-order valence-corrected chi connectivity index (χ2v) is 11.4. The molecule has 2 aliphatic rings.